The highest BCUT2D eigenvalue weighted by molar-refractivity contribution is 9.10. The molecule has 86 valence electrons. The Bertz CT molecular complexity index is 440. The Hall–Kier alpha value is -0.340. The van der Waals surface area contributed by atoms with Gasteiger partial charge >= 0.3 is 0 Å². The number of Topliss-reactive ketones (excluding diaryl/α,β-unsaturated/α-hetero) is 1. The van der Waals surface area contributed by atoms with Gasteiger partial charge in [0.2, 0.25) is 0 Å². The van der Waals surface area contributed by atoms with Crippen molar-refractivity contribution in [2.24, 2.45) is 11.3 Å². The van der Waals surface area contributed by atoms with Crippen molar-refractivity contribution in [2.45, 2.75) is 26.7 Å². The van der Waals surface area contributed by atoms with Crippen LogP contribution in [0.1, 0.15) is 25.8 Å². The minimum absolute atomic E-state index is 0.207. The highest BCUT2D eigenvalue weighted by atomic mass is 79.9. The largest absolute Gasteiger partial charge is 0.299 e. The molecule has 0 aromatic heterocycles. The summed E-state index contributed by atoms with van der Waals surface area (Å²) >= 11 is 9.44. The third-order valence-electron chi connectivity index (χ3n) is 3.28. The Kier molecular flexibility index (Phi) is 3.15. The second kappa shape index (κ2) is 4.15. The van der Waals surface area contributed by atoms with Gasteiger partial charge in [-0.15, -0.1) is 0 Å². The van der Waals surface area contributed by atoms with E-state index in [0.29, 0.717) is 17.2 Å². The summed E-state index contributed by atoms with van der Waals surface area (Å²) in [4.78, 5) is 12.0. The fourth-order valence-corrected chi connectivity index (χ4v) is 2.73. The van der Waals surface area contributed by atoms with Crippen molar-refractivity contribution in [3.05, 3.63) is 33.3 Å². The van der Waals surface area contributed by atoms with E-state index in [1.54, 1.807) is 0 Å². The molecule has 1 aliphatic rings. The number of rotatable bonds is 3. The molecule has 0 saturated heterocycles. The first kappa shape index (κ1) is 12.1. The molecule has 1 nitrogen and oxygen atoms in total. The molecular weight excluding hydrogens is 287 g/mol. The van der Waals surface area contributed by atoms with Crippen molar-refractivity contribution < 1.29 is 4.79 Å². The van der Waals surface area contributed by atoms with E-state index in [-0.39, 0.29) is 11.3 Å². The van der Waals surface area contributed by atoms with Crippen LogP contribution in [0.4, 0.5) is 0 Å². The van der Waals surface area contributed by atoms with E-state index >= 15 is 0 Å². The normalized spacial score (nSPS) is 21.9. The zero-order valence-corrected chi connectivity index (χ0v) is 11.7. The van der Waals surface area contributed by atoms with E-state index < -0.39 is 0 Å². The standard InChI is InChI=1S/C13H14BrClO/c1-13(2)7-10(13)12(16)5-8-3-4-9(14)6-11(8)15/h3-4,6,10H,5,7H2,1-2H3. The molecule has 0 spiro atoms. The Balaban J connectivity index is 2.07. The maximum atomic E-state index is 12.0. The first-order valence-corrected chi connectivity index (χ1v) is 6.54. The highest BCUT2D eigenvalue weighted by Gasteiger charge is 2.49. The van der Waals surface area contributed by atoms with Crippen LogP contribution in [0.2, 0.25) is 5.02 Å². The van der Waals surface area contributed by atoms with Crippen LogP contribution >= 0.6 is 27.5 Å². The first-order valence-electron chi connectivity index (χ1n) is 5.37. The molecule has 3 heteroatoms. The Labute approximate surface area is 109 Å². The lowest BCUT2D eigenvalue weighted by molar-refractivity contribution is -0.120. The second-order valence-corrected chi connectivity index (χ2v) is 6.45. The average Bonchev–Trinajstić information content (AvgIpc) is 2.80. The highest BCUT2D eigenvalue weighted by Crippen LogP contribution is 2.52. The Morgan fingerprint density at radius 3 is 2.69 bits per heavy atom. The molecule has 1 unspecified atom stereocenters. The number of carbonyl (C=O) groups excluding carboxylic acids is 1. The molecule has 1 atom stereocenters. The maximum Gasteiger partial charge on any atom is 0.140 e. The van der Waals surface area contributed by atoms with Gasteiger partial charge in [0.05, 0.1) is 0 Å². The van der Waals surface area contributed by atoms with Gasteiger partial charge in [-0.1, -0.05) is 47.4 Å². The van der Waals surface area contributed by atoms with Crippen molar-refractivity contribution in [3.63, 3.8) is 0 Å². The van der Waals surface area contributed by atoms with Gasteiger partial charge in [0.25, 0.3) is 0 Å². The fraction of sp³-hybridized carbons (Fsp3) is 0.462. The summed E-state index contributed by atoms with van der Waals surface area (Å²) in [5.74, 6) is 0.543. The summed E-state index contributed by atoms with van der Waals surface area (Å²) in [6.45, 7) is 4.28. The predicted molar refractivity (Wildman–Crippen MR) is 69.8 cm³/mol. The number of ketones is 1. The minimum atomic E-state index is 0.207. The molecule has 0 aliphatic heterocycles. The molecule has 2 rings (SSSR count). The number of hydrogen-bond donors (Lipinski definition) is 0. The average molecular weight is 302 g/mol. The summed E-state index contributed by atoms with van der Waals surface area (Å²) in [5, 5.41) is 0.668. The quantitative estimate of drug-likeness (QED) is 0.815. The number of benzene rings is 1. The van der Waals surface area contributed by atoms with Gasteiger partial charge < -0.3 is 0 Å². The van der Waals surface area contributed by atoms with Gasteiger partial charge in [0.1, 0.15) is 5.78 Å². The second-order valence-electron chi connectivity index (χ2n) is 5.12. The zero-order valence-electron chi connectivity index (χ0n) is 9.39. The summed E-state index contributed by atoms with van der Waals surface area (Å²) in [6, 6.07) is 5.68. The van der Waals surface area contributed by atoms with E-state index in [4.69, 9.17) is 11.6 Å². The van der Waals surface area contributed by atoms with E-state index in [9.17, 15) is 4.79 Å². The molecule has 16 heavy (non-hydrogen) atoms. The molecular formula is C13H14BrClO. The van der Waals surface area contributed by atoms with Crippen LogP contribution < -0.4 is 0 Å². The Morgan fingerprint density at radius 2 is 2.19 bits per heavy atom. The maximum absolute atomic E-state index is 12.0. The van der Waals surface area contributed by atoms with Crippen LogP contribution in [0, 0.1) is 11.3 Å². The third kappa shape index (κ3) is 2.49. The lowest BCUT2D eigenvalue weighted by Gasteiger charge is -2.05. The van der Waals surface area contributed by atoms with Crippen molar-refractivity contribution >= 4 is 33.3 Å². The summed E-state index contributed by atoms with van der Waals surface area (Å²) in [7, 11) is 0. The third-order valence-corrected chi connectivity index (χ3v) is 4.13. The SMILES string of the molecule is CC1(C)CC1C(=O)Cc1ccc(Br)cc1Cl. The van der Waals surface area contributed by atoms with Crippen LogP contribution in [0.25, 0.3) is 0 Å². The van der Waals surface area contributed by atoms with Gasteiger partial charge in [-0.25, -0.2) is 0 Å². The van der Waals surface area contributed by atoms with Crippen LogP contribution in [-0.4, -0.2) is 5.78 Å². The minimum Gasteiger partial charge on any atom is -0.299 e. The van der Waals surface area contributed by atoms with Gasteiger partial charge in [0.15, 0.2) is 0 Å². The molecule has 0 amide bonds. The number of carbonyl (C=O) groups is 1. The van der Waals surface area contributed by atoms with Gasteiger partial charge in [0, 0.05) is 21.8 Å². The van der Waals surface area contributed by atoms with Gasteiger partial charge in [-0.2, -0.15) is 0 Å². The first-order chi connectivity index (χ1) is 7.40. The molecule has 0 bridgehead atoms. The summed E-state index contributed by atoms with van der Waals surface area (Å²) in [5.41, 5.74) is 1.14. The zero-order chi connectivity index (χ0) is 11.9. The molecule has 1 fully saturated rings. The van der Waals surface area contributed by atoms with Gasteiger partial charge in [-0.3, -0.25) is 4.79 Å². The van der Waals surface area contributed by atoms with Crippen LogP contribution in [0.5, 0.6) is 0 Å². The van der Waals surface area contributed by atoms with Crippen molar-refractivity contribution in [1.82, 2.24) is 0 Å². The summed E-state index contributed by atoms with van der Waals surface area (Å²) < 4.78 is 0.945. The van der Waals surface area contributed by atoms with Crippen LogP contribution in [0.15, 0.2) is 22.7 Å². The predicted octanol–water partition coefficient (Wildman–Crippen LogP) is 4.26. The molecule has 0 N–H and O–H groups in total. The Morgan fingerprint density at radius 1 is 1.56 bits per heavy atom. The fourth-order valence-electron chi connectivity index (χ4n) is 1.99. The molecule has 1 aliphatic carbocycles. The molecule has 1 aromatic rings. The topological polar surface area (TPSA) is 17.1 Å². The van der Waals surface area contributed by atoms with E-state index in [1.165, 1.54) is 0 Å². The van der Waals surface area contributed by atoms with Gasteiger partial charge in [-0.05, 0) is 29.5 Å². The lowest BCUT2D eigenvalue weighted by atomic mass is 10.0. The van der Waals surface area contributed by atoms with Crippen molar-refractivity contribution in [3.8, 4) is 0 Å². The van der Waals surface area contributed by atoms with E-state index in [1.807, 2.05) is 18.2 Å². The number of hydrogen-bond acceptors (Lipinski definition) is 1. The van der Waals surface area contributed by atoms with Crippen LogP contribution in [0.3, 0.4) is 0 Å². The lowest BCUT2D eigenvalue weighted by Crippen LogP contribution is -2.09. The van der Waals surface area contributed by atoms with E-state index in [0.717, 1.165) is 16.5 Å². The molecule has 0 radical (unpaired) electrons. The molecule has 1 saturated carbocycles. The van der Waals surface area contributed by atoms with Crippen molar-refractivity contribution in [2.75, 3.05) is 0 Å². The smallest absolute Gasteiger partial charge is 0.140 e. The van der Waals surface area contributed by atoms with Crippen molar-refractivity contribution in [1.29, 1.82) is 0 Å². The monoisotopic (exact) mass is 300 g/mol. The summed E-state index contributed by atoms with van der Waals surface area (Å²) in [6.07, 6.45) is 1.47. The number of halogens is 2. The van der Waals surface area contributed by atoms with Crippen LogP contribution in [-0.2, 0) is 11.2 Å². The van der Waals surface area contributed by atoms with E-state index in [2.05, 4.69) is 29.8 Å². The molecule has 1 aromatic carbocycles. The molecule has 0 heterocycles.